The number of likely N-dealkylation sites (N-methyl/N-ethyl adjacent to an activating group) is 1. The first kappa shape index (κ1) is 46.0. The summed E-state index contributed by atoms with van der Waals surface area (Å²) in [7, 11) is 3.91. The lowest BCUT2D eigenvalue weighted by molar-refractivity contribution is -0.141. The molecule has 0 bridgehead atoms. The highest BCUT2D eigenvalue weighted by molar-refractivity contribution is 5.95. The molecule has 0 aliphatic carbocycles. The van der Waals surface area contributed by atoms with E-state index in [1.807, 2.05) is 146 Å². The molecule has 63 heavy (non-hydrogen) atoms. The van der Waals surface area contributed by atoms with Crippen LogP contribution in [0.2, 0.25) is 0 Å². The van der Waals surface area contributed by atoms with Gasteiger partial charge in [-0.05, 0) is 79.2 Å². The predicted octanol–water partition coefficient (Wildman–Crippen LogP) is 9.71. The Morgan fingerprint density at radius 3 is 1.87 bits per heavy atom. The molecule has 0 saturated heterocycles. The molecule has 0 saturated carbocycles. The number of urea groups is 1. The summed E-state index contributed by atoms with van der Waals surface area (Å²) in [5.74, 6) is -0.786. The van der Waals surface area contributed by atoms with E-state index in [9.17, 15) is 19.2 Å². The molecule has 0 radical (unpaired) electrons. The van der Waals surface area contributed by atoms with E-state index in [0.29, 0.717) is 56.7 Å². The van der Waals surface area contributed by atoms with Crippen molar-refractivity contribution in [3.8, 4) is 22.3 Å². The minimum absolute atomic E-state index is 0.101. The fourth-order valence-electron chi connectivity index (χ4n) is 7.88. The zero-order chi connectivity index (χ0) is 44.6. The zero-order valence-corrected chi connectivity index (χ0v) is 37.1. The number of esters is 1. The molecule has 0 aromatic heterocycles. The van der Waals surface area contributed by atoms with Crippen LogP contribution in [0, 0.1) is 0 Å². The van der Waals surface area contributed by atoms with Crippen molar-refractivity contribution >= 4 is 23.8 Å². The average Bonchev–Trinajstić information content (AvgIpc) is 3.31. The lowest BCUT2D eigenvalue weighted by atomic mass is 9.93. The fourth-order valence-corrected chi connectivity index (χ4v) is 7.88. The van der Waals surface area contributed by atoms with E-state index < -0.39 is 18.1 Å². The van der Waals surface area contributed by atoms with E-state index >= 15 is 0 Å². The van der Waals surface area contributed by atoms with Crippen LogP contribution in [-0.2, 0) is 25.7 Å². The molecule has 10 heteroatoms. The largest absolute Gasteiger partial charge is 0.457 e. The molecule has 328 valence electrons. The molecule has 2 N–H and O–H groups in total. The number of rotatable bonds is 21. The summed E-state index contributed by atoms with van der Waals surface area (Å²) < 4.78 is 5.87. The first-order valence-electron chi connectivity index (χ1n) is 22.2. The van der Waals surface area contributed by atoms with Gasteiger partial charge >= 0.3 is 12.0 Å². The number of nitrogens with one attached hydrogen (secondary N) is 2. The summed E-state index contributed by atoms with van der Waals surface area (Å²) in [5, 5.41) is 6.19. The van der Waals surface area contributed by atoms with Gasteiger partial charge in [-0.2, -0.15) is 0 Å². The molecule has 1 heterocycles. The first-order valence-corrected chi connectivity index (χ1v) is 22.2. The van der Waals surface area contributed by atoms with Crippen molar-refractivity contribution in [2.45, 2.75) is 71.1 Å². The van der Waals surface area contributed by atoms with Crippen LogP contribution in [0.25, 0.3) is 22.3 Å². The summed E-state index contributed by atoms with van der Waals surface area (Å²) in [4.78, 5) is 61.3. The molecule has 2 unspecified atom stereocenters. The third kappa shape index (κ3) is 12.5. The second kappa shape index (κ2) is 23.1. The number of hydrogen-bond donors (Lipinski definition) is 2. The van der Waals surface area contributed by atoms with Crippen molar-refractivity contribution in [3.05, 3.63) is 167 Å². The quantitative estimate of drug-likeness (QED) is 0.0562. The Labute approximate surface area is 372 Å². The first-order chi connectivity index (χ1) is 30.6. The summed E-state index contributed by atoms with van der Waals surface area (Å²) in [6.07, 6.45) is 3.85. The van der Waals surface area contributed by atoms with E-state index in [0.717, 1.165) is 51.8 Å². The van der Waals surface area contributed by atoms with Crippen LogP contribution in [0.5, 0.6) is 0 Å². The SMILES string of the molecule is CCCCNC(=O)C(c1ccc(-c2ccccc2)cc1)N(CCN(C)C)C(=O)CCCCCN1C(=O)NC(c2ccc(-c3ccccc3)cc2)C(C(=O)OCc2ccccc2)=C1C. The second-order valence-electron chi connectivity index (χ2n) is 16.3. The molecule has 1 aliphatic rings. The number of ether oxygens (including phenoxy) is 1. The molecule has 1 aliphatic heterocycles. The number of benzene rings is 5. The Hall–Kier alpha value is -6.52. The lowest BCUT2D eigenvalue weighted by Crippen LogP contribution is -2.48. The van der Waals surface area contributed by atoms with E-state index in [4.69, 9.17) is 4.74 Å². The van der Waals surface area contributed by atoms with Crippen molar-refractivity contribution in [3.63, 3.8) is 0 Å². The van der Waals surface area contributed by atoms with Gasteiger partial charge in [0.15, 0.2) is 0 Å². The van der Waals surface area contributed by atoms with Crippen molar-refractivity contribution in [1.29, 1.82) is 0 Å². The van der Waals surface area contributed by atoms with Crippen molar-refractivity contribution in [2.24, 2.45) is 0 Å². The highest BCUT2D eigenvalue weighted by Gasteiger charge is 2.37. The summed E-state index contributed by atoms with van der Waals surface area (Å²) in [6, 6.07) is 43.7. The Bertz CT molecular complexity index is 2280. The lowest BCUT2D eigenvalue weighted by Gasteiger charge is -2.35. The van der Waals surface area contributed by atoms with Gasteiger partial charge in [-0.15, -0.1) is 0 Å². The Morgan fingerprint density at radius 2 is 1.29 bits per heavy atom. The van der Waals surface area contributed by atoms with E-state index in [-0.39, 0.29) is 30.9 Å². The van der Waals surface area contributed by atoms with Crippen LogP contribution >= 0.6 is 0 Å². The molecular formula is C53H61N5O5. The van der Waals surface area contributed by atoms with E-state index in [1.54, 1.807) is 16.7 Å². The number of unbranched alkanes of at least 4 members (excludes halogenated alkanes) is 3. The van der Waals surface area contributed by atoms with Crippen molar-refractivity contribution in [2.75, 3.05) is 40.3 Å². The molecular weight excluding hydrogens is 787 g/mol. The van der Waals surface area contributed by atoms with Gasteiger partial charge in [0.2, 0.25) is 11.8 Å². The maximum absolute atomic E-state index is 14.2. The van der Waals surface area contributed by atoms with Gasteiger partial charge in [0, 0.05) is 38.3 Å². The minimum Gasteiger partial charge on any atom is -0.457 e. The van der Waals surface area contributed by atoms with Gasteiger partial charge in [0.1, 0.15) is 12.6 Å². The van der Waals surface area contributed by atoms with E-state index in [2.05, 4.69) is 29.7 Å². The van der Waals surface area contributed by atoms with E-state index in [1.165, 1.54) is 0 Å². The summed E-state index contributed by atoms with van der Waals surface area (Å²) in [5.41, 5.74) is 7.53. The standard InChI is InChI=1S/C53H61N5O5/c1-5-6-34-54-51(60)50(46-32-28-44(29-33-46)42-23-15-9-16-24-42)58(37-36-56(3)4)47(59)25-17-10-18-35-57-39(2)48(52(61)63-38-40-19-11-7-12-20-40)49(55-53(57)62)45-30-26-43(27-31-45)41-21-13-8-14-22-41/h7-9,11-16,19-24,26-33,49-50H,5-6,10,17-18,25,34-38H2,1-4H3,(H,54,60)(H,55,62). The van der Waals surface area contributed by atoms with Gasteiger partial charge in [-0.25, -0.2) is 9.59 Å². The third-order valence-electron chi connectivity index (χ3n) is 11.5. The van der Waals surface area contributed by atoms with Crippen LogP contribution in [0.1, 0.15) is 81.1 Å². The topological polar surface area (TPSA) is 111 Å². The molecule has 0 spiro atoms. The number of carbonyl (C=O) groups is 4. The van der Waals surface area contributed by atoms with Crippen molar-refractivity contribution in [1.82, 2.24) is 25.3 Å². The smallest absolute Gasteiger partial charge is 0.338 e. The number of hydrogen-bond acceptors (Lipinski definition) is 6. The van der Waals surface area contributed by atoms with Crippen molar-refractivity contribution < 1.29 is 23.9 Å². The van der Waals surface area contributed by atoms with Gasteiger partial charge in [0.25, 0.3) is 0 Å². The zero-order valence-electron chi connectivity index (χ0n) is 37.1. The van der Waals surface area contributed by atoms with Crippen LogP contribution < -0.4 is 10.6 Å². The predicted molar refractivity (Wildman–Crippen MR) is 250 cm³/mol. The van der Waals surface area contributed by atoms with Gasteiger partial charge < -0.3 is 25.2 Å². The van der Waals surface area contributed by atoms with Gasteiger partial charge in [0.05, 0.1) is 11.6 Å². The maximum Gasteiger partial charge on any atom is 0.338 e. The van der Waals surface area contributed by atoms with Gasteiger partial charge in [-0.3, -0.25) is 14.5 Å². The normalized spacial score (nSPS) is 14.3. The average molecular weight is 848 g/mol. The number of carbonyl (C=O) groups excluding carboxylic acids is 4. The molecule has 10 nitrogen and oxygen atoms in total. The molecule has 5 aromatic carbocycles. The van der Waals surface area contributed by atoms with Crippen LogP contribution in [0.15, 0.2) is 151 Å². The van der Waals surface area contributed by atoms with Crippen LogP contribution in [0.3, 0.4) is 0 Å². The van der Waals surface area contributed by atoms with Crippen LogP contribution in [0.4, 0.5) is 4.79 Å². The summed E-state index contributed by atoms with van der Waals surface area (Å²) >= 11 is 0. The Morgan fingerprint density at radius 1 is 0.714 bits per heavy atom. The van der Waals surface area contributed by atoms with Crippen LogP contribution in [-0.4, -0.2) is 78.8 Å². The molecule has 2 atom stereocenters. The molecule has 4 amide bonds. The third-order valence-corrected chi connectivity index (χ3v) is 11.5. The molecule has 5 aromatic rings. The number of amides is 4. The van der Waals surface area contributed by atoms with Gasteiger partial charge in [-0.1, -0.05) is 159 Å². The minimum atomic E-state index is -0.786. The molecule has 0 fully saturated rings. The highest BCUT2D eigenvalue weighted by atomic mass is 16.5. The Kier molecular flexibility index (Phi) is 16.8. The number of allylic oxidation sites excluding steroid dienone is 1. The maximum atomic E-state index is 14.2. The molecule has 6 rings (SSSR count). The number of nitrogens with zero attached hydrogens (tertiary/aromatic N) is 3. The monoisotopic (exact) mass is 847 g/mol. The summed E-state index contributed by atoms with van der Waals surface area (Å²) in [6.45, 7) is 5.84. The second-order valence-corrected chi connectivity index (χ2v) is 16.3. The fraction of sp³-hybridized carbons (Fsp3) is 0.321. The highest BCUT2D eigenvalue weighted by Crippen LogP contribution is 2.33. The Balaban J connectivity index is 1.15.